The maximum Gasteiger partial charge on any atom is 0.175 e. The van der Waals surface area contributed by atoms with Crippen LogP contribution in [0.3, 0.4) is 0 Å². The van der Waals surface area contributed by atoms with Crippen LogP contribution in [0.25, 0.3) is 0 Å². The lowest BCUT2D eigenvalue weighted by molar-refractivity contribution is 0.322. The summed E-state index contributed by atoms with van der Waals surface area (Å²) in [4.78, 5) is -0.717. The largest absolute Gasteiger partial charge is 0.396 e. The van der Waals surface area contributed by atoms with Crippen molar-refractivity contribution < 1.29 is 22.7 Å². The van der Waals surface area contributed by atoms with Crippen LogP contribution in [0.4, 0.5) is 17.6 Å². The lowest BCUT2D eigenvalue weighted by atomic mass is 9.97. The number of benzene rings is 1. The Hall–Kier alpha value is -0.750. The van der Waals surface area contributed by atoms with Crippen LogP contribution in [-0.2, 0) is 0 Å². The van der Waals surface area contributed by atoms with Gasteiger partial charge in [-0.25, -0.2) is 17.6 Å². The molecule has 0 saturated heterocycles. The Morgan fingerprint density at radius 1 is 1.06 bits per heavy atom. The van der Waals surface area contributed by atoms with Gasteiger partial charge >= 0.3 is 0 Å². The number of hydrogen-bond acceptors (Lipinski definition) is 2. The number of thioether (sulfide) groups is 1. The van der Waals surface area contributed by atoms with Gasteiger partial charge in [0.1, 0.15) is 0 Å². The molecule has 1 nitrogen and oxygen atoms in total. The molecule has 1 N–H and O–H groups in total. The van der Waals surface area contributed by atoms with Gasteiger partial charge in [-0.05, 0) is 12.3 Å². The molecule has 0 aliphatic rings. The molecule has 0 fully saturated rings. The van der Waals surface area contributed by atoms with E-state index in [-0.39, 0.29) is 12.4 Å². The maximum atomic E-state index is 13.7. The first-order valence-corrected chi connectivity index (χ1v) is 6.53. The quantitative estimate of drug-likeness (QED) is 0.503. The summed E-state index contributed by atoms with van der Waals surface area (Å²) >= 11 is 0.550. The third-order valence-electron chi connectivity index (χ3n) is 2.70. The molecular weight excluding hydrogens is 268 g/mol. The van der Waals surface area contributed by atoms with Crippen LogP contribution in [0.1, 0.15) is 31.7 Å². The lowest BCUT2D eigenvalue weighted by Crippen LogP contribution is -2.08. The Morgan fingerprint density at radius 3 is 1.94 bits per heavy atom. The number of rotatable bonds is 5. The highest BCUT2D eigenvalue weighted by molar-refractivity contribution is 7.99. The molecule has 0 bridgehead atoms. The van der Waals surface area contributed by atoms with Gasteiger partial charge in [0.15, 0.2) is 23.3 Å². The van der Waals surface area contributed by atoms with Crippen molar-refractivity contribution >= 4 is 11.8 Å². The SMILES string of the molecule is CCC(C)c1c(F)c(F)c(SCCO)c(F)c1F. The molecular formula is C12H14F4OS. The molecule has 0 aromatic heterocycles. The van der Waals surface area contributed by atoms with E-state index in [0.29, 0.717) is 18.2 Å². The van der Waals surface area contributed by atoms with Gasteiger partial charge in [-0.3, -0.25) is 0 Å². The van der Waals surface area contributed by atoms with E-state index < -0.39 is 39.6 Å². The molecule has 0 amide bonds. The van der Waals surface area contributed by atoms with Gasteiger partial charge in [0, 0.05) is 11.3 Å². The Bertz CT molecular complexity index is 408. The van der Waals surface area contributed by atoms with Crippen molar-refractivity contribution in [2.24, 2.45) is 0 Å². The Labute approximate surface area is 107 Å². The second-order valence-electron chi connectivity index (χ2n) is 3.88. The van der Waals surface area contributed by atoms with Crippen molar-refractivity contribution in [3.8, 4) is 0 Å². The summed E-state index contributed by atoms with van der Waals surface area (Å²) in [6.07, 6.45) is 0.371. The zero-order chi connectivity index (χ0) is 13.9. The Morgan fingerprint density at radius 2 is 1.56 bits per heavy atom. The highest BCUT2D eigenvalue weighted by Gasteiger charge is 2.27. The van der Waals surface area contributed by atoms with E-state index in [1.165, 1.54) is 6.92 Å². The topological polar surface area (TPSA) is 20.2 Å². The first-order chi connectivity index (χ1) is 8.45. The molecule has 18 heavy (non-hydrogen) atoms. The van der Waals surface area contributed by atoms with Crippen molar-refractivity contribution in [3.63, 3.8) is 0 Å². The van der Waals surface area contributed by atoms with Crippen LogP contribution in [-0.4, -0.2) is 17.5 Å². The van der Waals surface area contributed by atoms with Crippen LogP contribution >= 0.6 is 11.8 Å². The predicted molar refractivity (Wildman–Crippen MR) is 62.8 cm³/mol. The van der Waals surface area contributed by atoms with E-state index in [2.05, 4.69) is 0 Å². The number of halogens is 4. The number of aliphatic hydroxyl groups is 1. The van der Waals surface area contributed by atoms with Gasteiger partial charge in [0.05, 0.1) is 11.5 Å². The zero-order valence-electron chi connectivity index (χ0n) is 10.1. The zero-order valence-corrected chi connectivity index (χ0v) is 10.9. The minimum Gasteiger partial charge on any atom is -0.396 e. The summed E-state index contributed by atoms with van der Waals surface area (Å²) < 4.78 is 54.7. The van der Waals surface area contributed by atoms with E-state index in [1.54, 1.807) is 6.92 Å². The summed E-state index contributed by atoms with van der Waals surface area (Å²) in [5.74, 6) is -6.10. The average Bonchev–Trinajstić information content (AvgIpc) is 2.36. The third-order valence-corrected chi connectivity index (χ3v) is 3.73. The van der Waals surface area contributed by atoms with E-state index in [4.69, 9.17) is 5.11 Å². The molecule has 1 unspecified atom stereocenters. The Kier molecular flexibility index (Phi) is 5.47. The number of aliphatic hydroxyl groups excluding tert-OH is 1. The summed E-state index contributed by atoms with van der Waals surface area (Å²) in [6, 6.07) is 0. The van der Waals surface area contributed by atoms with Crippen molar-refractivity contribution in [1.29, 1.82) is 0 Å². The number of hydrogen-bond donors (Lipinski definition) is 1. The van der Waals surface area contributed by atoms with Crippen LogP contribution < -0.4 is 0 Å². The van der Waals surface area contributed by atoms with Crippen LogP contribution in [0, 0.1) is 23.3 Å². The summed E-state index contributed by atoms with van der Waals surface area (Å²) in [6.45, 7) is 2.84. The van der Waals surface area contributed by atoms with E-state index >= 15 is 0 Å². The van der Waals surface area contributed by atoms with E-state index in [1.807, 2.05) is 0 Å². The molecule has 0 saturated carbocycles. The molecule has 0 heterocycles. The molecule has 1 aromatic carbocycles. The normalized spacial score (nSPS) is 12.8. The minimum atomic E-state index is -1.39. The first-order valence-electron chi connectivity index (χ1n) is 5.55. The predicted octanol–water partition coefficient (Wildman–Crippen LogP) is 3.84. The van der Waals surface area contributed by atoms with Gasteiger partial charge in [0.25, 0.3) is 0 Å². The van der Waals surface area contributed by atoms with Crippen molar-refractivity contribution in [2.75, 3.05) is 12.4 Å². The molecule has 0 aliphatic heterocycles. The molecule has 0 aliphatic carbocycles. The highest BCUT2D eigenvalue weighted by Crippen LogP contribution is 2.35. The molecule has 1 rings (SSSR count). The van der Waals surface area contributed by atoms with Crippen LogP contribution in [0.15, 0.2) is 4.90 Å². The monoisotopic (exact) mass is 282 g/mol. The molecule has 1 atom stereocenters. The molecule has 0 radical (unpaired) electrons. The first kappa shape index (κ1) is 15.3. The molecule has 0 spiro atoms. The highest BCUT2D eigenvalue weighted by atomic mass is 32.2. The third kappa shape index (κ3) is 2.80. The van der Waals surface area contributed by atoms with Gasteiger partial charge in [-0.15, -0.1) is 11.8 Å². The summed E-state index contributed by atoms with van der Waals surface area (Å²) in [5, 5.41) is 8.58. The average molecular weight is 282 g/mol. The van der Waals surface area contributed by atoms with Gasteiger partial charge in [-0.2, -0.15) is 0 Å². The standard InChI is InChI=1S/C12H14F4OS/c1-3-6(2)7-8(13)10(15)12(18-5-4-17)11(16)9(7)14/h6,17H,3-5H2,1-2H3. The van der Waals surface area contributed by atoms with Gasteiger partial charge in [-0.1, -0.05) is 13.8 Å². The fraction of sp³-hybridized carbons (Fsp3) is 0.500. The summed E-state index contributed by atoms with van der Waals surface area (Å²) in [5.41, 5.74) is -0.555. The van der Waals surface area contributed by atoms with Crippen LogP contribution in [0.5, 0.6) is 0 Å². The van der Waals surface area contributed by atoms with E-state index in [0.717, 1.165) is 0 Å². The lowest BCUT2D eigenvalue weighted by Gasteiger charge is -2.15. The van der Waals surface area contributed by atoms with E-state index in [9.17, 15) is 17.6 Å². The van der Waals surface area contributed by atoms with Crippen molar-refractivity contribution in [1.82, 2.24) is 0 Å². The second-order valence-corrected chi connectivity index (χ2v) is 4.99. The van der Waals surface area contributed by atoms with Crippen LogP contribution in [0.2, 0.25) is 0 Å². The smallest absolute Gasteiger partial charge is 0.175 e. The van der Waals surface area contributed by atoms with Gasteiger partial charge in [0.2, 0.25) is 0 Å². The second kappa shape index (κ2) is 6.43. The maximum absolute atomic E-state index is 13.7. The van der Waals surface area contributed by atoms with Crippen molar-refractivity contribution in [3.05, 3.63) is 28.8 Å². The summed E-state index contributed by atoms with van der Waals surface area (Å²) in [7, 11) is 0. The molecule has 102 valence electrons. The Balaban J connectivity index is 3.36. The fourth-order valence-corrected chi connectivity index (χ4v) is 2.27. The molecule has 6 heteroatoms. The van der Waals surface area contributed by atoms with Gasteiger partial charge < -0.3 is 5.11 Å². The van der Waals surface area contributed by atoms with Crippen molar-refractivity contribution in [2.45, 2.75) is 31.1 Å². The molecule has 1 aromatic rings. The fourth-order valence-electron chi connectivity index (χ4n) is 1.54. The minimum absolute atomic E-state index is 0.0323.